The molecule has 4 nitrogen and oxygen atoms in total. The molecule has 1 atom stereocenters. The van der Waals surface area contributed by atoms with Crippen molar-refractivity contribution in [3.05, 3.63) is 35.4 Å². The number of aliphatic carboxylic acids is 1. The molecule has 0 saturated heterocycles. The molecule has 2 N–H and O–H groups in total. The average molecular weight is 340 g/mol. The molecule has 0 bridgehead atoms. The van der Waals surface area contributed by atoms with E-state index in [0.717, 1.165) is 19.3 Å². The third kappa shape index (κ3) is 3.44. The molecule has 0 aliphatic carbocycles. The smallest absolute Gasteiger partial charge is 0.428 e. The lowest BCUT2D eigenvalue weighted by Gasteiger charge is -2.27. The Morgan fingerprint density at radius 1 is 1.30 bits per heavy atom. The second kappa shape index (κ2) is 6.53. The summed E-state index contributed by atoms with van der Waals surface area (Å²) in [5.41, 5.74) is -4.74. The van der Waals surface area contributed by atoms with Crippen LogP contribution in [-0.4, -0.2) is 35.1 Å². The SMILES string of the molecule is C/C=C(/CC(O)(C(=O)O)C(F)(F)F)c1ccc(F)c(F)c1OC. The second-order valence-corrected chi connectivity index (χ2v) is 4.60. The Labute approximate surface area is 127 Å². The van der Waals surface area contributed by atoms with Crippen LogP contribution >= 0.6 is 0 Å². The highest BCUT2D eigenvalue weighted by atomic mass is 19.4. The Morgan fingerprint density at radius 2 is 1.87 bits per heavy atom. The van der Waals surface area contributed by atoms with E-state index in [1.807, 2.05) is 0 Å². The number of carboxylic acid groups (broad SMARTS) is 1. The van der Waals surface area contributed by atoms with Crippen LogP contribution in [0.1, 0.15) is 18.9 Å². The first-order chi connectivity index (χ1) is 10.5. The normalized spacial score (nSPS) is 15.2. The van der Waals surface area contributed by atoms with Crippen LogP contribution in [-0.2, 0) is 4.79 Å². The van der Waals surface area contributed by atoms with Crippen molar-refractivity contribution in [3.8, 4) is 5.75 Å². The lowest BCUT2D eigenvalue weighted by molar-refractivity contribution is -0.258. The van der Waals surface area contributed by atoms with Gasteiger partial charge in [0.25, 0.3) is 5.60 Å². The van der Waals surface area contributed by atoms with E-state index in [1.165, 1.54) is 6.92 Å². The summed E-state index contributed by atoms with van der Waals surface area (Å²) >= 11 is 0. The summed E-state index contributed by atoms with van der Waals surface area (Å²) in [5.74, 6) is -5.92. The van der Waals surface area contributed by atoms with Gasteiger partial charge in [-0.1, -0.05) is 6.08 Å². The summed E-state index contributed by atoms with van der Waals surface area (Å²) in [4.78, 5) is 10.9. The van der Waals surface area contributed by atoms with Crippen LogP contribution in [0.2, 0.25) is 0 Å². The molecule has 1 aromatic carbocycles. The number of allylic oxidation sites excluding steroid dienone is 1. The van der Waals surface area contributed by atoms with Crippen molar-refractivity contribution in [1.29, 1.82) is 0 Å². The topological polar surface area (TPSA) is 66.8 Å². The maximum Gasteiger partial charge on any atom is 0.428 e. The van der Waals surface area contributed by atoms with Crippen molar-refractivity contribution in [3.63, 3.8) is 0 Å². The first-order valence-corrected chi connectivity index (χ1v) is 6.19. The molecule has 9 heteroatoms. The van der Waals surface area contributed by atoms with Crippen molar-refractivity contribution in [2.75, 3.05) is 7.11 Å². The number of methoxy groups -OCH3 is 1. The number of halogens is 5. The highest BCUT2D eigenvalue weighted by molar-refractivity contribution is 5.83. The van der Waals surface area contributed by atoms with Gasteiger partial charge in [-0.3, -0.25) is 0 Å². The fourth-order valence-electron chi connectivity index (χ4n) is 1.91. The van der Waals surface area contributed by atoms with E-state index in [2.05, 4.69) is 4.74 Å². The quantitative estimate of drug-likeness (QED) is 0.808. The van der Waals surface area contributed by atoms with Crippen LogP contribution in [0, 0.1) is 11.6 Å². The molecule has 0 fully saturated rings. The lowest BCUT2D eigenvalue weighted by Crippen LogP contribution is -2.52. The summed E-state index contributed by atoms with van der Waals surface area (Å²) in [7, 11) is 0.974. The number of hydrogen-bond acceptors (Lipinski definition) is 3. The number of alkyl halides is 3. The molecular weight excluding hydrogens is 327 g/mol. The van der Waals surface area contributed by atoms with Crippen LogP contribution in [0.15, 0.2) is 18.2 Å². The van der Waals surface area contributed by atoms with Gasteiger partial charge in [-0.2, -0.15) is 17.6 Å². The molecule has 128 valence electrons. The largest absolute Gasteiger partial charge is 0.493 e. The zero-order chi connectivity index (χ0) is 18.0. The number of ether oxygens (including phenoxy) is 1. The minimum atomic E-state index is -5.47. The predicted molar refractivity (Wildman–Crippen MR) is 69.8 cm³/mol. The van der Waals surface area contributed by atoms with Gasteiger partial charge in [0.2, 0.25) is 5.82 Å². The molecule has 23 heavy (non-hydrogen) atoms. The van der Waals surface area contributed by atoms with Gasteiger partial charge >= 0.3 is 12.1 Å². The van der Waals surface area contributed by atoms with E-state index in [4.69, 9.17) is 5.11 Å². The van der Waals surface area contributed by atoms with Crippen molar-refractivity contribution < 1.29 is 41.7 Å². The van der Waals surface area contributed by atoms with Gasteiger partial charge in [0.1, 0.15) is 0 Å². The Bertz CT molecular complexity index is 639. The van der Waals surface area contributed by atoms with E-state index in [9.17, 15) is 31.9 Å². The highest BCUT2D eigenvalue weighted by Gasteiger charge is 2.60. The van der Waals surface area contributed by atoms with E-state index in [1.54, 1.807) is 0 Å². The van der Waals surface area contributed by atoms with Gasteiger partial charge in [0.05, 0.1) is 7.11 Å². The first kappa shape index (κ1) is 18.9. The van der Waals surface area contributed by atoms with E-state index in [0.29, 0.717) is 6.07 Å². The van der Waals surface area contributed by atoms with Gasteiger partial charge in [-0.05, 0) is 24.6 Å². The first-order valence-electron chi connectivity index (χ1n) is 6.19. The van der Waals surface area contributed by atoms with E-state index in [-0.39, 0.29) is 11.1 Å². The zero-order valence-electron chi connectivity index (χ0n) is 12.0. The van der Waals surface area contributed by atoms with Crippen LogP contribution in [0.3, 0.4) is 0 Å². The third-order valence-electron chi connectivity index (χ3n) is 3.22. The molecule has 0 saturated carbocycles. The maximum atomic E-state index is 13.7. The summed E-state index contributed by atoms with van der Waals surface area (Å²) in [6.07, 6.45) is -5.82. The van der Waals surface area contributed by atoms with Crippen LogP contribution < -0.4 is 4.74 Å². The summed E-state index contributed by atoms with van der Waals surface area (Å²) in [6.45, 7) is 1.26. The van der Waals surface area contributed by atoms with Crippen LogP contribution in [0.25, 0.3) is 5.57 Å². The summed E-state index contributed by atoms with van der Waals surface area (Å²) in [5, 5.41) is 18.2. The number of aliphatic hydroxyl groups is 1. The van der Waals surface area contributed by atoms with Crippen LogP contribution in [0.4, 0.5) is 22.0 Å². The number of carboxylic acids is 1. The molecule has 0 spiro atoms. The van der Waals surface area contributed by atoms with Gasteiger partial charge < -0.3 is 14.9 Å². The molecule has 0 radical (unpaired) electrons. The highest BCUT2D eigenvalue weighted by Crippen LogP contribution is 2.40. The van der Waals surface area contributed by atoms with Crippen molar-refractivity contribution >= 4 is 11.5 Å². The molecule has 0 aromatic heterocycles. The van der Waals surface area contributed by atoms with Crippen LogP contribution in [0.5, 0.6) is 5.75 Å². The minimum Gasteiger partial charge on any atom is -0.493 e. The Kier molecular flexibility index (Phi) is 5.36. The zero-order valence-corrected chi connectivity index (χ0v) is 12.0. The van der Waals surface area contributed by atoms with E-state index < -0.39 is 41.6 Å². The molecule has 0 aliphatic heterocycles. The Balaban J connectivity index is 3.42. The van der Waals surface area contributed by atoms with Gasteiger partial charge in [0.15, 0.2) is 11.6 Å². The monoisotopic (exact) mass is 340 g/mol. The fraction of sp³-hybridized carbons (Fsp3) is 0.357. The van der Waals surface area contributed by atoms with Gasteiger partial charge in [-0.25, -0.2) is 9.18 Å². The van der Waals surface area contributed by atoms with Gasteiger partial charge in [-0.15, -0.1) is 0 Å². The second-order valence-electron chi connectivity index (χ2n) is 4.60. The van der Waals surface area contributed by atoms with Crippen molar-refractivity contribution in [2.45, 2.75) is 25.1 Å². The Hall–Kier alpha value is -2.16. The summed E-state index contributed by atoms with van der Waals surface area (Å²) in [6, 6.07) is 1.59. The van der Waals surface area contributed by atoms with E-state index >= 15 is 0 Å². The predicted octanol–water partition coefficient (Wildman–Crippen LogP) is 3.14. The molecule has 0 amide bonds. The minimum absolute atomic E-state index is 0.294. The molecular formula is C14H13F5O4. The summed E-state index contributed by atoms with van der Waals surface area (Å²) < 4.78 is 70.1. The molecule has 1 aromatic rings. The van der Waals surface area contributed by atoms with Crippen molar-refractivity contribution in [2.24, 2.45) is 0 Å². The number of rotatable bonds is 5. The average Bonchev–Trinajstić information content (AvgIpc) is 2.46. The molecule has 1 rings (SSSR count). The standard InChI is InChI=1S/C14H13F5O4/c1-3-7(6-13(22,12(20)21)14(17,18)19)8-4-5-9(15)10(16)11(8)23-2/h3-5,22H,6H2,1-2H3,(H,20,21)/b7-3-. The fourth-order valence-corrected chi connectivity index (χ4v) is 1.91. The lowest BCUT2D eigenvalue weighted by atomic mass is 9.89. The molecule has 0 aliphatic rings. The number of hydrogen-bond donors (Lipinski definition) is 2. The molecule has 1 unspecified atom stereocenters. The Morgan fingerprint density at radius 3 is 2.26 bits per heavy atom. The van der Waals surface area contributed by atoms with Crippen molar-refractivity contribution in [1.82, 2.24) is 0 Å². The third-order valence-corrected chi connectivity index (χ3v) is 3.22. The molecule has 0 heterocycles. The maximum absolute atomic E-state index is 13.7. The van der Waals surface area contributed by atoms with Gasteiger partial charge in [0, 0.05) is 12.0 Å². The number of benzene rings is 1. The number of carbonyl (C=O) groups is 1.